The Balaban J connectivity index is 1.79. The summed E-state index contributed by atoms with van der Waals surface area (Å²) >= 11 is 0. The van der Waals surface area contributed by atoms with Gasteiger partial charge in [-0.25, -0.2) is 0 Å². The fourth-order valence-corrected chi connectivity index (χ4v) is 3.05. The van der Waals surface area contributed by atoms with Gasteiger partial charge in [0.05, 0.1) is 11.8 Å². The first-order chi connectivity index (χ1) is 13.0. The summed E-state index contributed by atoms with van der Waals surface area (Å²) in [5, 5.41) is 3.04. The number of furan rings is 1. The maximum Gasteiger partial charge on any atom is 0.257 e. The molecule has 1 N–H and O–H groups in total. The lowest BCUT2D eigenvalue weighted by atomic mass is 10.1. The lowest BCUT2D eigenvalue weighted by Crippen LogP contribution is -2.38. The van der Waals surface area contributed by atoms with Crippen molar-refractivity contribution in [3.8, 4) is 0 Å². The number of carbonyl (C=O) groups excluding carboxylic acids is 2. The number of hydrogen-bond donors (Lipinski definition) is 1. The monoisotopic (exact) mass is 370 g/mol. The summed E-state index contributed by atoms with van der Waals surface area (Å²) in [7, 11) is 0. The summed E-state index contributed by atoms with van der Waals surface area (Å²) in [6.45, 7) is 6.85. The summed E-state index contributed by atoms with van der Waals surface area (Å²) in [6.07, 6.45) is 4.49. The third-order valence-electron chi connectivity index (χ3n) is 4.59. The highest BCUT2D eigenvalue weighted by atomic mass is 16.3. The Morgan fingerprint density at radius 2 is 1.89 bits per heavy atom. The Labute approximate surface area is 161 Å². The molecule has 1 aromatic heterocycles. The van der Waals surface area contributed by atoms with Crippen LogP contribution in [-0.4, -0.2) is 35.8 Å². The average Bonchev–Trinajstić information content (AvgIpc) is 3.09. The molecule has 1 heterocycles. The summed E-state index contributed by atoms with van der Waals surface area (Å²) in [5.41, 5.74) is 1.84. The molecule has 27 heavy (non-hydrogen) atoms. The van der Waals surface area contributed by atoms with Gasteiger partial charge in [0.2, 0.25) is 5.91 Å². The van der Waals surface area contributed by atoms with E-state index in [2.05, 4.69) is 17.4 Å². The molecule has 2 aromatic rings. The van der Waals surface area contributed by atoms with E-state index in [0.717, 1.165) is 19.3 Å². The van der Waals surface area contributed by atoms with E-state index in [1.807, 2.05) is 32.0 Å². The first kappa shape index (κ1) is 20.7. The van der Waals surface area contributed by atoms with Crippen molar-refractivity contribution in [2.45, 2.75) is 52.5 Å². The van der Waals surface area contributed by atoms with Crippen LogP contribution in [0, 0.1) is 6.92 Å². The van der Waals surface area contributed by atoms with E-state index in [0.29, 0.717) is 30.8 Å². The van der Waals surface area contributed by atoms with Gasteiger partial charge in [0, 0.05) is 25.6 Å². The molecule has 1 unspecified atom stereocenters. The molecule has 0 saturated heterocycles. The highest BCUT2D eigenvalue weighted by Gasteiger charge is 2.19. The summed E-state index contributed by atoms with van der Waals surface area (Å²) in [6, 6.07) is 12.0. The Bertz CT molecular complexity index is 724. The number of carbonyl (C=O) groups is 2. The zero-order chi connectivity index (χ0) is 19.6. The Hall–Kier alpha value is -2.56. The lowest BCUT2D eigenvalue weighted by molar-refractivity contribution is -0.121. The Morgan fingerprint density at radius 3 is 2.52 bits per heavy atom. The molecule has 2 rings (SSSR count). The third kappa shape index (κ3) is 6.59. The van der Waals surface area contributed by atoms with Crippen LogP contribution in [0.1, 0.15) is 54.8 Å². The fraction of sp³-hybridized carbons (Fsp3) is 0.455. The van der Waals surface area contributed by atoms with Gasteiger partial charge in [0.1, 0.15) is 5.76 Å². The number of amides is 2. The average molecular weight is 370 g/mol. The van der Waals surface area contributed by atoms with E-state index in [9.17, 15) is 9.59 Å². The predicted octanol–water partition coefficient (Wildman–Crippen LogP) is 3.97. The van der Waals surface area contributed by atoms with Crippen molar-refractivity contribution < 1.29 is 14.0 Å². The van der Waals surface area contributed by atoms with Crippen molar-refractivity contribution in [1.29, 1.82) is 0 Å². The smallest absolute Gasteiger partial charge is 0.257 e. The van der Waals surface area contributed by atoms with E-state index in [1.165, 1.54) is 11.8 Å². The zero-order valence-electron chi connectivity index (χ0n) is 16.5. The third-order valence-corrected chi connectivity index (χ3v) is 4.59. The second-order valence-electron chi connectivity index (χ2n) is 6.93. The van der Waals surface area contributed by atoms with E-state index in [1.54, 1.807) is 17.9 Å². The second-order valence-corrected chi connectivity index (χ2v) is 6.93. The fourth-order valence-electron chi connectivity index (χ4n) is 3.05. The molecule has 5 nitrogen and oxygen atoms in total. The largest absolute Gasteiger partial charge is 0.469 e. The number of rotatable bonds is 10. The molecule has 0 aliphatic heterocycles. The van der Waals surface area contributed by atoms with Gasteiger partial charge in [-0.15, -0.1) is 0 Å². The van der Waals surface area contributed by atoms with Gasteiger partial charge in [0.25, 0.3) is 5.91 Å². The van der Waals surface area contributed by atoms with Gasteiger partial charge in [-0.2, -0.15) is 0 Å². The molecule has 0 aliphatic carbocycles. The van der Waals surface area contributed by atoms with Crippen LogP contribution in [0.4, 0.5) is 0 Å². The van der Waals surface area contributed by atoms with Gasteiger partial charge >= 0.3 is 0 Å². The van der Waals surface area contributed by atoms with Crippen molar-refractivity contribution >= 4 is 11.8 Å². The van der Waals surface area contributed by atoms with Crippen molar-refractivity contribution in [3.05, 3.63) is 59.5 Å². The normalized spacial score (nSPS) is 11.8. The molecule has 0 fully saturated rings. The first-order valence-electron chi connectivity index (χ1n) is 9.68. The Kier molecular flexibility index (Phi) is 8.11. The number of hydrogen-bond acceptors (Lipinski definition) is 3. The Morgan fingerprint density at radius 1 is 1.15 bits per heavy atom. The second kappa shape index (κ2) is 10.6. The minimum atomic E-state index is -0.0759. The molecule has 0 radical (unpaired) electrons. The van der Waals surface area contributed by atoms with Crippen LogP contribution in [-0.2, 0) is 11.2 Å². The molecule has 146 valence electrons. The molecular formula is C22H30N2O3. The van der Waals surface area contributed by atoms with Crippen LogP contribution in [0.5, 0.6) is 0 Å². The molecule has 0 spiro atoms. The van der Waals surface area contributed by atoms with E-state index < -0.39 is 0 Å². The van der Waals surface area contributed by atoms with Gasteiger partial charge in [0.15, 0.2) is 0 Å². The first-order valence-corrected chi connectivity index (χ1v) is 9.68. The van der Waals surface area contributed by atoms with Gasteiger partial charge in [-0.3, -0.25) is 9.59 Å². The highest BCUT2D eigenvalue weighted by Crippen LogP contribution is 2.13. The predicted molar refractivity (Wildman–Crippen MR) is 107 cm³/mol. The minimum Gasteiger partial charge on any atom is -0.469 e. The van der Waals surface area contributed by atoms with E-state index >= 15 is 0 Å². The van der Waals surface area contributed by atoms with Crippen molar-refractivity contribution in [3.63, 3.8) is 0 Å². The van der Waals surface area contributed by atoms with Gasteiger partial charge in [-0.05, 0) is 44.7 Å². The number of aryl methyl sites for hydroxylation is 2. The molecular weight excluding hydrogens is 340 g/mol. The van der Waals surface area contributed by atoms with Crippen molar-refractivity contribution in [1.82, 2.24) is 10.2 Å². The van der Waals surface area contributed by atoms with Crippen LogP contribution in [0.3, 0.4) is 0 Å². The topological polar surface area (TPSA) is 62.6 Å². The van der Waals surface area contributed by atoms with Crippen molar-refractivity contribution in [2.24, 2.45) is 0 Å². The number of benzene rings is 1. The standard InChI is InChI=1S/C22H30N2O3/c1-4-14-24(22(26)20-13-16-27-18(20)3)15-12-21(25)23-17(2)10-11-19-8-6-5-7-9-19/h5-9,13,16-17H,4,10-12,14-15H2,1-3H3,(H,23,25). The molecule has 1 aromatic carbocycles. The SMILES string of the molecule is CCCN(CCC(=O)NC(C)CCc1ccccc1)C(=O)c1ccoc1C. The van der Waals surface area contributed by atoms with E-state index in [-0.39, 0.29) is 17.9 Å². The molecule has 0 saturated carbocycles. The minimum absolute atomic E-state index is 0.0200. The molecule has 2 amide bonds. The molecule has 1 atom stereocenters. The quantitative estimate of drug-likeness (QED) is 0.688. The van der Waals surface area contributed by atoms with Crippen molar-refractivity contribution in [2.75, 3.05) is 13.1 Å². The van der Waals surface area contributed by atoms with Crippen LogP contribution in [0.2, 0.25) is 0 Å². The molecule has 0 bridgehead atoms. The maximum absolute atomic E-state index is 12.6. The maximum atomic E-state index is 12.6. The molecule has 5 heteroatoms. The van der Waals surface area contributed by atoms with E-state index in [4.69, 9.17) is 4.42 Å². The van der Waals surface area contributed by atoms with Gasteiger partial charge in [-0.1, -0.05) is 37.3 Å². The molecule has 0 aliphatic rings. The van der Waals surface area contributed by atoms with Gasteiger partial charge < -0.3 is 14.6 Å². The van der Waals surface area contributed by atoms with Crippen LogP contribution in [0.15, 0.2) is 47.1 Å². The van der Waals surface area contributed by atoms with Crippen LogP contribution in [0.25, 0.3) is 0 Å². The number of nitrogens with one attached hydrogen (secondary N) is 1. The van der Waals surface area contributed by atoms with Crippen LogP contribution >= 0.6 is 0 Å². The summed E-state index contributed by atoms with van der Waals surface area (Å²) in [4.78, 5) is 26.7. The van der Waals surface area contributed by atoms with Crippen LogP contribution < -0.4 is 5.32 Å². The lowest BCUT2D eigenvalue weighted by Gasteiger charge is -2.22. The summed E-state index contributed by atoms with van der Waals surface area (Å²) < 4.78 is 5.23. The summed E-state index contributed by atoms with van der Waals surface area (Å²) in [5.74, 6) is 0.515. The zero-order valence-corrected chi connectivity index (χ0v) is 16.5. The highest BCUT2D eigenvalue weighted by molar-refractivity contribution is 5.95. The number of nitrogens with zero attached hydrogens (tertiary/aromatic N) is 1.